The number of nitrogens with zero attached hydrogens (tertiary/aromatic N) is 2. The van der Waals surface area contributed by atoms with E-state index in [2.05, 4.69) is 6.07 Å². The Labute approximate surface area is 108 Å². The minimum atomic E-state index is 0.173. The molecule has 0 radical (unpaired) electrons. The van der Waals surface area contributed by atoms with Gasteiger partial charge >= 0.3 is 0 Å². The lowest BCUT2D eigenvalue weighted by atomic mass is 10.1. The molecule has 1 aliphatic rings. The first-order valence-electron chi connectivity index (χ1n) is 6.45. The van der Waals surface area contributed by atoms with E-state index in [0.717, 1.165) is 18.4 Å². The summed E-state index contributed by atoms with van der Waals surface area (Å²) in [5.41, 5.74) is 1.61. The molecule has 3 heteroatoms. The van der Waals surface area contributed by atoms with Crippen LogP contribution in [0.3, 0.4) is 0 Å². The summed E-state index contributed by atoms with van der Waals surface area (Å²) in [7, 11) is 1.90. The van der Waals surface area contributed by atoms with E-state index in [1.165, 1.54) is 12.8 Å². The van der Waals surface area contributed by atoms with Crippen LogP contribution in [-0.2, 0) is 11.2 Å². The molecular weight excluding hydrogens is 224 g/mol. The summed E-state index contributed by atoms with van der Waals surface area (Å²) in [6, 6.07) is 9.75. The molecule has 0 unspecified atom stereocenters. The average molecular weight is 242 g/mol. The topological polar surface area (TPSA) is 44.1 Å². The zero-order valence-corrected chi connectivity index (χ0v) is 10.7. The third-order valence-corrected chi connectivity index (χ3v) is 3.70. The monoisotopic (exact) mass is 242 g/mol. The Hall–Kier alpha value is -1.82. The predicted octanol–water partition coefficient (Wildman–Crippen LogP) is 2.50. The number of carbonyl (C=O) groups is 1. The number of hydrogen-bond donors (Lipinski definition) is 0. The molecule has 18 heavy (non-hydrogen) atoms. The highest BCUT2D eigenvalue weighted by molar-refractivity contribution is 5.78. The molecule has 0 aromatic heterocycles. The Morgan fingerprint density at radius 3 is 2.50 bits per heavy atom. The molecule has 0 N–H and O–H groups in total. The van der Waals surface area contributed by atoms with Gasteiger partial charge in [-0.15, -0.1) is 0 Å². The summed E-state index contributed by atoms with van der Waals surface area (Å²) < 4.78 is 0. The van der Waals surface area contributed by atoms with E-state index < -0.39 is 0 Å². The van der Waals surface area contributed by atoms with Crippen molar-refractivity contribution in [3.8, 4) is 6.07 Å². The second-order valence-electron chi connectivity index (χ2n) is 4.93. The van der Waals surface area contributed by atoms with Crippen molar-refractivity contribution in [3.05, 3.63) is 35.4 Å². The van der Waals surface area contributed by atoms with Crippen molar-refractivity contribution in [3.63, 3.8) is 0 Å². The van der Waals surface area contributed by atoms with Gasteiger partial charge in [-0.25, -0.2) is 0 Å². The lowest BCUT2D eigenvalue weighted by molar-refractivity contribution is -0.131. The summed E-state index contributed by atoms with van der Waals surface area (Å²) in [5.74, 6) is 0.173. The SMILES string of the molecule is CN(C(=O)Cc1ccc(C#N)cc1)C1CCCC1. The standard InChI is InChI=1S/C15H18N2O/c1-17(14-4-2-3-5-14)15(18)10-12-6-8-13(11-16)9-7-12/h6-9,14H,2-5,10H2,1H3. The Morgan fingerprint density at radius 2 is 1.94 bits per heavy atom. The van der Waals surface area contributed by atoms with Crippen LogP contribution in [0.4, 0.5) is 0 Å². The molecule has 0 spiro atoms. The van der Waals surface area contributed by atoms with Crippen LogP contribution in [0, 0.1) is 11.3 Å². The first kappa shape index (κ1) is 12.6. The van der Waals surface area contributed by atoms with Gasteiger partial charge in [0.25, 0.3) is 0 Å². The third-order valence-electron chi connectivity index (χ3n) is 3.70. The lowest BCUT2D eigenvalue weighted by Gasteiger charge is -2.24. The summed E-state index contributed by atoms with van der Waals surface area (Å²) in [6.07, 6.45) is 5.17. The van der Waals surface area contributed by atoms with E-state index >= 15 is 0 Å². The van der Waals surface area contributed by atoms with Crippen LogP contribution in [0.1, 0.15) is 36.8 Å². The number of likely N-dealkylation sites (N-methyl/N-ethyl adjacent to an activating group) is 1. The zero-order chi connectivity index (χ0) is 13.0. The van der Waals surface area contributed by atoms with Crippen LogP contribution < -0.4 is 0 Å². The van der Waals surface area contributed by atoms with Crippen LogP contribution in [0.25, 0.3) is 0 Å². The van der Waals surface area contributed by atoms with Crippen molar-refractivity contribution in [2.75, 3.05) is 7.05 Å². The van der Waals surface area contributed by atoms with Crippen molar-refractivity contribution >= 4 is 5.91 Å². The van der Waals surface area contributed by atoms with Gasteiger partial charge in [0.05, 0.1) is 18.1 Å². The molecule has 1 amide bonds. The van der Waals surface area contributed by atoms with Gasteiger partial charge in [0.15, 0.2) is 0 Å². The van der Waals surface area contributed by atoms with Crippen LogP contribution >= 0.6 is 0 Å². The van der Waals surface area contributed by atoms with Gasteiger partial charge in [0.1, 0.15) is 0 Å². The van der Waals surface area contributed by atoms with Gasteiger partial charge in [-0.05, 0) is 30.5 Å². The van der Waals surface area contributed by atoms with E-state index in [-0.39, 0.29) is 5.91 Å². The maximum atomic E-state index is 12.1. The Bertz CT molecular complexity index is 452. The molecule has 3 nitrogen and oxygen atoms in total. The summed E-state index contributed by atoms with van der Waals surface area (Å²) in [6.45, 7) is 0. The molecular formula is C15H18N2O. The minimum absolute atomic E-state index is 0.173. The van der Waals surface area contributed by atoms with Gasteiger partial charge in [0.2, 0.25) is 5.91 Å². The maximum Gasteiger partial charge on any atom is 0.226 e. The molecule has 1 fully saturated rings. The number of carbonyl (C=O) groups excluding carboxylic acids is 1. The van der Waals surface area contributed by atoms with Gasteiger partial charge in [-0.3, -0.25) is 4.79 Å². The van der Waals surface area contributed by atoms with Gasteiger partial charge < -0.3 is 4.90 Å². The van der Waals surface area contributed by atoms with Crippen LogP contribution in [0.2, 0.25) is 0 Å². The third kappa shape index (κ3) is 2.89. The van der Waals surface area contributed by atoms with E-state index in [0.29, 0.717) is 18.0 Å². The molecule has 0 bridgehead atoms. The van der Waals surface area contributed by atoms with E-state index in [1.807, 2.05) is 24.1 Å². The average Bonchev–Trinajstić information content (AvgIpc) is 2.92. The highest BCUT2D eigenvalue weighted by Crippen LogP contribution is 2.22. The molecule has 1 aromatic carbocycles. The summed E-state index contributed by atoms with van der Waals surface area (Å²) in [4.78, 5) is 14.0. The highest BCUT2D eigenvalue weighted by atomic mass is 16.2. The molecule has 2 rings (SSSR count). The van der Waals surface area contributed by atoms with Crippen molar-refractivity contribution < 1.29 is 4.79 Å². The quantitative estimate of drug-likeness (QED) is 0.817. The van der Waals surface area contributed by atoms with E-state index in [1.54, 1.807) is 12.1 Å². The number of rotatable bonds is 3. The van der Waals surface area contributed by atoms with Crippen LogP contribution in [0.15, 0.2) is 24.3 Å². The molecule has 0 aliphatic heterocycles. The largest absolute Gasteiger partial charge is 0.342 e. The predicted molar refractivity (Wildman–Crippen MR) is 69.9 cm³/mol. The molecule has 1 aromatic rings. The molecule has 1 saturated carbocycles. The second-order valence-corrected chi connectivity index (χ2v) is 4.93. The fraction of sp³-hybridized carbons (Fsp3) is 0.467. The smallest absolute Gasteiger partial charge is 0.226 e. The highest BCUT2D eigenvalue weighted by Gasteiger charge is 2.23. The number of nitriles is 1. The molecule has 94 valence electrons. The Morgan fingerprint density at radius 1 is 1.33 bits per heavy atom. The maximum absolute atomic E-state index is 12.1. The second kappa shape index (κ2) is 5.68. The Kier molecular flexibility index (Phi) is 3.99. The number of hydrogen-bond acceptors (Lipinski definition) is 2. The fourth-order valence-electron chi connectivity index (χ4n) is 2.49. The molecule has 0 heterocycles. The molecule has 0 atom stereocenters. The first-order valence-corrected chi connectivity index (χ1v) is 6.45. The van der Waals surface area contributed by atoms with Crippen molar-refractivity contribution in [2.45, 2.75) is 38.1 Å². The fourth-order valence-corrected chi connectivity index (χ4v) is 2.49. The number of benzene rings is 1. The zero-order valence-electron chi connectivity index (χ0n) is 10.7. The first-order chi connectivity index (χ1) is 8.70. The van der Waals surface area contributed by atoms with Crippen LogP contribution in [0.5, 0.6) is 0 Å². The van der Waals surface area contributed by atoms with E-state index in [9.17, 15) is 4.79 Å². The van der Waals surface area contributed by atoms with Crippen molar-refractivity contribution in [1.29, 1.82) is 5.26 Å². The lowest BCUT2D eigenvalue weighted by Crippen LogP contribution is -2.36. The molecule has 0 saturated heterocycles. The minimum Gasteiger partial charge on any atom is -0.342 e. The van der Waals surface area contributed by atoms with Crippen molar-refractivity contribution in [2.24, 2.45) is 0 Å². The molecule has 1 aliphatic carbocycles. The summed E-state index contributed by atoms with van der Waals surface area (Å²) >= 11 is 0. The van der Waals surface area contributed by atoms with Gasteiger partial charge in [-0.1, -0.05) is 25.0 Å². The van der Waals surface area contributed by atoms with Gasteiger partial charge in [0, 0.05) is 13.1 Å². The number of amides is 1. The summed E-state index contributed by atoms with van der Waals surface area (Å²) in [5, 5.41) is 8.72. The van der Waals surface area contributed by atoms with Gasteiger partial charge in [-0.2, -0.15) is 5.26 Å². The van der Waals surface area contributed by atoms with Crippen molar-refractivity contribution in [1.82, 2.24) is 4.90 Å². The normalized spacial score (nSPS) is 15.3. The Balaban J connectivity index is 1.95. The van der Waals surface area contributed by atoms with E-state index in [4.69, 9.17) is 5.26 Å². The van der Waals surface area contributed by atoms with Crippen LogP contribution in [-0.4, -0.2) is 23.9 Å².